The Balaban J connectivity index is 1.47. The van der Waals surface area contributed by atoms with Crippen LogP contribution in [0.4, 0.5) is 5.69 Å². The van der Waals surface area contributed by atoms with Crippen molar-refractivity contribution in [2.75, 3.05) is 11.9 Å². The quantitative estimate of drug-likeness (QED) is 0.405. The molecule has 2 aromatic rings. The van der Waals surface area contributed by atoms with Gasteiger partial charge in [-0.3, -0.25) is 19.2 Å². The molecule has 2 aliphatic heterocycles. The van der Waals surface area contributed by atoms with Crippen LogP contribution in [0.3, 0.4) is 0 Å². The van der Waals surface area contributed by atoms with E-state index in [4.69, 9.17) is 17.3 Å². The SMILES string of the molecule is Cc1cc(NC(=O)[C@H](CCN)NC(=O)[C@@H]2Cc3ccccc3CN2C(=O)CCC(=O)N2[C@H](C)CCC[C@H]2C)ccc1Cl. The van der Waals surface area contributed by atoms with Crippen LogP contribution in [0.1, 0.15) is 69.1 Å². The largest absolute Gasteiger partial charge is 0.342 e. The van der Waals surface area contributed by atoms with Gasteiger partial charge in [0.1, 0.15) is 12.1 Å². The molecule has 10 heteroatoms. The zero-order valence-corrected chi connectivity index (χ0v) is 25.5. The smallest absolute Gasteiger partial charge is 0.246 e. The highest BCUT2D eigenvalue weighted by Crippen LogP contribution is 2.27. The van der Waals surface area contributed by atoms with Crippen LogP contribution in [0, 0.1) is 6.92 Å². The molecule has 1 saturated heterocycles. The molecule has 226 valence electrons. The van der Waals surface area contributed by atoms with Crippen molar-refractivity contribution in [2.45, 2.75) is 96.4 Å². The van der Waals surface area contributed by atoms with Crippen LogP contribution in [0.25, 0.3) is 0 Å². The molecule has 0 radical (unpaired) electrons. The Morgan fingerprint density at radius 3 is 2.33 bits per heavy atom. The number of nitrogens with two attached hydrogens (primary N) is 1. The summed E-state index contributed by atoms with van der Waals surface area (Å²) in [6.45, 7) is 6.39. The van der Waals surface area contributed by atoms with Crippen molar-refractivity contribution in [1.82, 2.24) is 15.1 Å². The topological polar surface area (TPSA) is 125 Å². The lowest BCUT2D eigenvalue weighted by molar-refractivity contribution is -0.145. The molecule has 9 nitrogen and oxygen atoms in total. The van der Waals surface area contributed by atoms with E-state index >= 15 is 0 Å². The van der Waals surface area contributed by atoms with E-state index in [1.54, 1.807) is 23.1 Å². The lowest BCUT2D eigenvalue weighted by Gasteiger charge is -2.39. The van der Waals surface area contributed by atoms with Crippen LogP contribution in [-0.4, -0.2) is 64.1 Å². The van der Waals surface area contributed by atoms with E-state index in [-0.39, 0.29) is 56.3 Å². The minimum atomic E-state index is -0.892. The Morgan fingerprint density at radius 1 is 1.00 bits per heavy atom. The number of carbonyl (C=O) groups excluding carboxylic acids is 4. The van der Waals surface area contributed by atoms with Crippen LogP contribution in [0.15, 0.2) is 42.5 Å². The highest BCUT2D eigenvalue weighted by molar-refractivity contribution is 6.31. The van der Waals surface area contributed by atoms with Crippen molar-refractivity contribution in [1.29, 1.82) is 0 Å². The lowest BCUT2D eigenvalue weighted by atomic mass is 9.92. The fraction of sp³-hybridized carbons (Fsp3) is 0.500. The number of benzene rings is 2. The maximum absolute atomic E-state index is 13.7. The van der Waals surface area contributed by atoms with Gasteiger partial charge in [0, 0.05) is 48.6 Å². The molecule has 4 amide bonds. The van der Waals surface area contributed by atoms with Gasteiger partial charge >= 0.3 is 0 Å². The standard InChI is InChI=1S/C32H42ClN5O4/c1-20-17-25(11-12-26(20)33)35-31(41)27(15-16-34)36-32(42)28-18-23-9-4-5-10-24(23)19-37(28)29(39)13-14-30(40)38-21(2)7-6-8-22(38)3/h4-5,9-12,17,21-22,27-28H,6-8,13-16,18-19,34H2,1-3H3,(H,35,41)(H,36,42)/t21-,22-,27+,28+/m1/s1. The second-order valence-corrected chi connectivity index (χ2v) is 11.9. The van der Waals surface area contributed by atoms with Crippen LogP contribution in [0.5, 0.6) is 0 Å². The third kappa shape index (κ3) is 7.50. The number of nitrogens with one attached hydrogen (secondary N) is 2. The first kappa shape index (κ1) is 31.5. The van der Waals surface area contributed by atoms with E-state index in [0.29, 0.717) is 17.1 Å². The predicted octanol–water partition coefficient (Wildman–Crippen LogP) is 3.94. The molecule has 2 aromatic carbocycles. The van der Waals surface area contributed by atoms with Gasteiger partial charge < -0.3 is 26.2 Å². The molecule has 0 aromatic heterocycles. The summed E-state index contributed by atoms with van der Waals surface area (Å²) in [6, 6.07) is 11.5. The maximum Gasteiger partial charge on any atom is 0.246 e. The molecule has 4 atom stereocenters. The van der Waals surface area contributed by atoms with Gasteiger partial charge in [-0.2, -0.15) is 0 Å². The fourth-order valence-electron chi connectivity index (χ4n) is 6.07. The van der Waals surface area contributed by atoms with Crippen molar-refractivity contribution < 1.29 is 19.2 Å². The average Bonchev–Trinajstić information content (AvgIpc) is 2.96. The molecule has 0 bridgehead atoms. The summed E-state index contributed by atoms with van der Waals surface area (Å²) >= 11 is 6.11. The van der Waals surface area contributed by atoms with E-state index < -0.39 is 23.9 Å². The van der Waals surface area contributed by atoms with Crippen LogP contribution in [-0.2, 0) is 32.1 Å². The second-order valence-electron chi connectivity index (χ2n) is 11.5. The minimum Gasteiger partial charge on any atom is -0.342 e. The number of rotatable bonds is 9. The van der Waals surface area contributed by atoms with Gasteiger partial charge in [0.25, 0.3) is 0 Å². The average molecular weight is 596 g/mol. The third-order valence-corrected chi connectivity index (χ3v) is 8.84. The summed E-state index contributed by atoms with van der Waals surface area (Å²) in [6.07, 6.45) is 3.67. The van der Waals surface area contributed by atoms with Crippen LogP contribution < -0.4 is 16.4 Å². The molecule has 0 unspecified atom stereocenters. The molecule has 4 rings (SSSR count). The molecule has 2 aliphatic rings. The number of anilines is 1. The summed E-state index contributed by atoms with van der Waals surface area (Å²) in [5.74, 6) is -1.12. The number of aryl methyl sites for hydroxylation is 1. The molecular weight excluding hydrogens is 554 g/mol. The van der Waals surface area contributed by atoms with E-state index in [1.165, 1.54) is 0 Å². The van der Waals surface area contributed by atoms with Gasteiger partial charge in [-0.25, -0.2) is 0 Å². The Labute approximate surface area is 253 Å². The van der Waals surface area contributed by atoms with E-state index in [1.807, 2.05) is 36.1 Å². The van der Waals surface area contributed by atoms with Gasteiger partial charge in [0.15, 0.2) is 0 Å². The summed E-state index contributed by atoms with van der Waals surface area (Å²) in [7, 11) is 0. The number of likely N-dealkylation sites (tertiary alicyclic amines) is 1. The predicted molar refractivity (Wildman–Crippen MR) is 164 cm³/mol. The maximum atomic E-state index is 13.7. The first-order valence-corrected chi connectivity index (χ1v) is 15.2. The number of hydrogen-bond acceptors (Lipinski definition) is 5. The van der Waals surface area contributed by atoms with E-state index in [9.17, 15) is 19.2 Å². The molecule has 4 N–H and O–H groups in total. The number of carbonyl (C=O) groups is 4. The Bertz CT molecular complexity index is 1310. The van der Waals surface area contributed by atoms with Crippen molar-refractivity contribution in [3.8, 4) is 0 Å². The Kier molecular flexibility index (Phi) is 10.6. The zero-order chi connectivity index (χ0) is 30.4. The zero-order valence-electron chi connectivity index (χ0n) is 24.7. The molecule has 2 heterocycles. The molecular formula is C32H42ClN5O4. The summed E-state index contributed by atoms with van der Waals surface area (Å²) < 4.78 is 0. The number of amides is 4. The normalized spacial score (nSPS) is 20.8. The Morgan fingerprint density at radius 2 is 1.67 bits per heavy atom. The highest BCUT2D eigenvalue weighted by Gasteiger charge is 2.37. The van der Waals surface area contributed by atoms with Crippen molar-refractivity contribution >= 4 is 40.9 Å². The van der Waals surface area contributed by atoms with Crippen LogP contribution >= 0.6 is 11.6 Å². The van der Waals surface area contributed by atoms with Gasteiger partial charge in [-0.15, -0.1) is 0 Å². The first-order chi connectivity index (χ1) is 20.1. The van der Waals surface area contributed by atoms with E-state index in [0.717, 1.165) is 36.0 Å². The Hall–Kier alpha value is -3.43. The third-order valence-electron chi connectivity index (χ3n) is 8.42. The number of hydrogen-bond donors (Lipinski definition) is 3. The molecule has 0 spiro atoms. The molecule has 0 saturated carbocycles. The number of piperidine rings is 1. The molecule has 42 heavy (non-hydrogen) atoms. The summed E-state index contributed by atoms with van der Waals surface area (Å²) in [4.78, 5) is 57.0. The first-order valence-electron chi connectivity index (χ1n) is 14.8. The van der Waals surface area contributed by atoms with Gasteiger partial charge in [-0.1, -0.05) is 35.9 Å². The second kappa shape index (κ2) is 14.2. The van der Waals surface area contributed by atoms with Gasteiger partial charge in [0.05, 0.1) is 0 Å². The highest BCUT2D eigenvalue weighted by atomic mass is 35.5. The van der Waals surface area contributed by atoms with Gasteiger partial charge in [0.2, 0.25) is 23.6 Å². The monoisotopic (exact) mass is 595 g/mol. The van der Waals surface area contributed by atoms with Crippen molar-refractivity contribution in [3.05, 3.63) is 64.2 Å². The van der Waals surface area contributed by atoms with Crippen molar-refractivity contribution in [2.24, 2.45) is 5.73 Å². The summed E-state index contributed by atoms with van der Waals surface area (Å²) in [5, 5.41) is 6.27. The van der Waals surface area contributed by atoms with E-state index in [2.05, 4.69) is 24.5 Å². The fourth-order valence-corrected chi connectivity index (χ4v) is 6.19. The van der Waals surface area contributed by atoms with Crippen LogP contribution in [0.2, 0.25) is 5.02 Å². The van der Waals surface area contributed by atoms with Crippen molar-refractivity contribution in [3.63, 3.8) is 0 Å². The minimum absolute atomic E-state index is 0.0172. The summed E-state index contributed by atoms with van der Waals surface area (Å²) in [5.41, 5.74) is 9.11. The lowest BCUT2D eigenvalue weighted by Crippen LogP contribution is -2.56. The number of fused-ring (bicyclic) bond motifs is 1. The number of halogens is 1. The molecule has 0 aliphatic carbocycles. The van der Waals surface area contributed by atoms with Gasteiger partial charge in [-0.05, 0) is 87.9 Å². The number of nitrogens with zero attached hydrogens (tertiary/aromatic N) is 2. The molecule has 1 fully saturated rings.